The number of benzene rings is 1. The van der Waals surface area contributed by atoms with Crippen LogP contribution in [-0.2, 0) is 11.2 Å². The van der Waals surface area contributed by atoms with Gasteiger partial charge in [-0.1, -0.05) is 0 Å². The van der Waals surface area contributed by atoms with Crippen molar-refractivity contribution < 1.29 is 14.7 Å². The molecule has 0 unspecified atom stereocenters. The average Bonchev–Trinajstić information content (AvgIpc) is 2.74. The summed E-state index contributed by atoms with van der Waals surface area (Å²) in [5.41, 5.74) is 2.30. The van der Waals surface area contributed by atoms with Crippen LogP contribution in [0.2, 0.25) is 0 Å². The van der Waals surface area contributed by atoms with Crippen LogP contribution in [0.5, 0.6) is 0 Å². The SMILES string of the molecule is CN(CC1CC(O)C1)C(=O)c1ccc2c(c1)CC(=O)N2. The second-order valence-electron chi connectivity index (χ2n) is 5.77. The number of nitrogens with one attached hydrogen (secondary N) is 1. The normalized spacial score (nSPS) is 23.8. The largest absolute Gasteiger partial charge is 0.393 e. The first-order valence-corrected chi connectivity index (χ1v) is 6.89. The topological polar surface area (TPSA) is 69.6 Å². The molecule has 3 rings (SSSR count). The van der Waals surface area contributed by atoms with Gasteiger partial charge in [0.05, 0.1) is 12.5 Å². The molecule has 0 aromatic heterocycles. The summed E-state index contributed by atoms with van der Waals surface area (Å²) >= 11 is 0. The van der Waals surface area contributed by atoms with Crippen molar-refractivity contribution in [2.24, 2.45) is 5.92 Å². The van der Waals surface area contributed by atoms with Gasteiger partial charge in [0.15, 0.2) is 0 Å². The number of hydrogen-bond acceptors (Lipinski definition) is 3. The van der Waals surface area contributed by atoms with Gasteiger partial charge < -0.3 is 15.3 Å². The van der Waals surface area contributed by atoms with Crippen LogP contribution in [0.15, 0.2) is 18.2 Å². The van der Waals surface area contributed by atoms with Gasteiger partial charge in [0.1, 0.15) is 0 Å². The van der Waals surface area contributed by atoms with E-state index in [9.17, 15) is 14.7 Å². The highest BCUT2D eigenvalue weighted by Crippen LogP contribution is 2.28. The highest BCUT2D eigenvalue weighted by Gasteiger charge is 2.29. The number of aliphatic hydroxyl groups excluding tert-OH is 1. The maximum absolute atomic E-state index is 12.3. The molecule has 1 aliphatic carbocycles. The summed E-state index contributed by atoms with van der Waals surface area (Å²) in [6, 6.07) is 5.33. The van der Waals surface area contributed by atoms with E-state index in [-0.39, 0.29) is 17.9 Å². The number of carbonyl (C=O) groups excluding carboxylic acids is 2. The number of fused-ring (bicyclic) bond motifs is 1. The van der Waals surface area contributed by atoms with Crippen molar-refractivity contribution in [2.75, 3.05) is 18.9 Å². The molecule has 0 radical (unpaired) electrons. The van der Waals surface area contributed by atoms with Crippen molar-refractivity contribution >= 4 is 17.5 Å². The molecule has 2 N–H and O–H groups in total. The zero-order valence-corrected chi connectivity index (χ0v) is 11.4. The Hall–Kier alpha value is -1.88. The van der Waals surface area contributed by atoms with E-state index in [1.807, 2.05) is 0 Å². The zero-order chi connectivity index (χ0) is 14.3. The fourth-order valence-electron chi connectivity index (χ4n) is 2.90. The quantitative estimate of drug-likeness (QED) is 0.864. The minimum absolute atomic E-state index is 0.0265. The van der Waals surface area contributed by atoms with Gasteiger partial charge in [0.2, 0.25) is 5.91 Å². The van der Waals surface area contributed by atoms with E-state index in [0.717, 1.165) is 24.1 Å². The Morgan fingerprint density at radius 3 is 2.90 bits per heavy atom. The first kappa shape index (κ1) is 13.1. The molecular formula is C15H18N2O3. The highest BCUT2D eigenvalue weighted by atomic mass is 16.3. The van der Waals surface area contributed by atoms with Crippen LogP contribution in [0.1, 0.15) is 28.8 Å². The summed E-state index contributed by atoms with van der Waals surface area (Å²) in [4.78, 5) is 25.3. The molecule has 0 spiro atoms. The fourth-order valence-corrected chi connectivity index (χ4v) is 2.90. The molecule has 0 bridgehead atoms. The van der Waals surface area contributed by atoms with Crippen molar-refractivity contribution in [3.63, 3.8) is 0 Å². The number of hydrogen-bond donors (Lipinski definition) is 2. The second kappa shape index (κ2) is 4.90. The maximum Gasteiger partial charge on any atom is 0.253 e. The number of rotatable bonds is 3. The average molecular weight is 274 g/mol. The number of nitrogens with zero attached hydrogens (tertiary/aromatic N) is 1. The number of aliphatic hydroxyl groups is 1. The van der Waals surface area contributed by atoms with Crippen molar-refractivity contribution in [1.82, 2.24) is 4.90 Å². The van der Waals surface area contributed by atoms with E-state index < -0.39 is 0 Å². The fraction of sp³-hybridized carbons (Fsp3) is 0.467. The van der Waals surface area contributed by atoms with Crippen molar-refractivity contribution in [2.45, 2.75) is 25.4 Å². The third kappa shape index (κ3) is 2.41. The molecular weight excluding hydrogens is 256 g/mol. The molecule has 2 amide bonds. The maximum atomic E-state index is 12.3. The van der Waals surface area contributed by atoms with E-state index in [2.05, 4.69) is 5.32 Å². The molecule has 1 aromatic carbocycles. The van der Waals surface area contributed by atoms with Crippen LogP contribution in [-0.4, -0.2) is 41.5 Å². The lowest BCUT2D eigenvalue weighted by Crippen LogP contribution is -2.39. The molecule has 20 heavy (non-hydrogen) atoms. The predicted molar refractivity (Wildman–Crippen MR) is 74.5 cm³/mol. The van der Waals surface area contributed by atoms with Gasteiger partial charge in [-0.2, -0.15) is 0 Å². The monoisotopic (exact) mass is 274 g/mol. The number of amides is 2. The first-order chi connectivity index (χ1) is 9.52. The van der Waals surface area contributed by atoms with Crippen LogP contribution in [0.3, 0.4) is 0 Å². The molecule has 5 heteroatoms. The standard InChI is InChI=1S/C15H18N2O3/c1-17(8-9-4-12(18)5-9)15(20)10-2-3-13-11(6-10)7-14(19)16-13/h2-3,6,9,12,18H,4-5,7-8H2,1H3,(H,16,19). The lowest BCUT2D eigenvalue weighted by Gasteiger charge is -2.34. The summed E-state index contributed by atoms with van der Waals surface area (Å²) in [5, 5.41) is 12.0. The zero-order valence-electron chi connectivity index (χ0n) is 11.4. The summed E-state index contributed by atoms with van der Waals surface area (Å²) in [6.07, 6.45) is 1.70. The Morgan fingerprint density at radius 1 is 1.45 bits per heavy atom. The van der Waals surface area contributed by atoms with Crippen LogP contribution >= 0.6 is 0 Å². The van der Waals surface area contributed by atoms with Crippen molar-refractivity contribution in [3.8, 4) is 0 Å². The van der Waals surface area contributed by atoms with Gasteiger partial charge >= 0.3 is 0 Å². The van der Waals surface area contributed by atoms with E-state index in [0.29, 0.717) is 24.4 Å². The van der Waals surface area contributed by atoms with Crippen LogP contribution in [0.4, 0.5) is 5.69 Å². The molecule has 5 nitrogen and oxygen atoms in total. The minimum Gasteiger partial charge on any atom is -0.393 e. The Morgan fingerprint density at radius 2 is 2.20 bits per heavy atom. The van der Waals surface area contributed by atoms with Gasteiger partial charge in [-0.25, -0.2) is 0 Å². The number of anilines is 1. The number of carbonyl (C=O) groups is 2. The third-order valence-electron chi connectivity index (χ3n) is 4.07. The summed E-state index contributed by atoms with van der Waals surface area (Å²) in [7, 11) is 1.78. The molecule has 1 fully saturated rings. The van der Waals surface area contributed by atoms with Crippen LogP contribution in [0, 0.1) is 5.92 Å². The Kier molecular flexibility index (Phi) is 3.22. The summed E-state index contributed by atoms with van der Waals surface area (Å²) < 4.78 is 0. The van der Waals surface area contributed by atoms with Gasteiger partial charge in [0.25, 0.3) is 5.91 Å². The van der Waals surface area contributed by atoms with Crippen molar-refractivity contribution in [1.29, 1.82) is 0 Å². The van der Waals surface area contributed by atoms with Crippen molar-refractivity contribution in [3.05, 3.63) is 29.3 Å². The molecule has 1 aliphatic heterocycles. The minimum atomic E-state index is -0.194. The molecule has 1 aromatic rings. The van der Waals surface area contributed by atoms with E-state index in [4.69, 9.17) is 0 Å². The van der Waals surface area contributed by atoms with Gasteiger partial charge in [-0.15, -0.1) is 0 Å². The lowest BCUT2D eigenvalue weighted by molar-refractivity contribution is -0.115. The molecule has 1 heterocycles. The molecule has 0 atom stereocenters. The van der Waals surface area contributed by atoms with E-state index in [1.54, 1.807) is 30.1 Å². The smallest absolute Gasteiger partial charge is 0.253 e. The van der Waals surface area contributed by atoms with Crippen LogP contribution in [0.25, 0.3) is 0 Å². The van der Waals surface area contributed by atoms with Gasteiger partial charge in [0, 0.05) is 24.8 Å². The third-order valence-corrected chi connectivity index (χ3v) is 4.07. The van der Waals surface area contributed by atoms with Gasteiger partial charge in [-0.3, -0.25) is 9.59 Å². The first-order valence-electron chi connectivity index (χ1n) is 6.89. The Balaban J connectivity index is 1.68. The van der Waals surface area contributed by atoms with Gasteiger partial charge in [-0.05, 0) is 42.5 Å². The Bertz CT molecular complexity index is 564. The Labute approximate surface area is 117 Å². The molecule has 1 saturated carbocycles. The highest BCUT2D eigenvalue weighted by molar-refractivity contribution is 6.01. The second-order valence-corrected chi connectivity index (χ2v) is 5.77. The van der Waals surface area contributed by atoms with E-state index in [1.165, 1.54) is 0 Å². The summed E-state index contributed by atoms with van der Waals surface area (Å²) in [5.74, 6) is 0.339. The molecule has 106 valence electrons. The molecule has 2 aliphatic rings. The lowest BCUT2D eigenvalue weighted by atomic mass is 9.82. The van der Waals surface area contributed by atoms with Crippen LogP contribution < -0.4 is 5.32 Å². The van der Waals surface area contributed by atoms with E-state index >= 15 is 0 Å². The predicted octanol–water partition coefficient (Wildman–Crippen LogP) is 1.02. The summed E-state index contributed by atoms with van der Waals surface area (Å²) in [6.45, 7) is 0.671. The molecule has 0 saturated heterocycles.